The molecule has 4 heteroatoms. The number of aryl methyl sites for hydroxylation is 1. The van der Waals surface area contributed by atoms with Crippen molar-refractivity contribution < 1.29 is 9.90 Å². The summed E-state index contributed by atoms with van der Waals surface area (Å²) in [6.45, 7) is 3.80. The lowest BCUT2D eigenvalue weighted by molar-refractivity contribution is 0.0620. The average molecular weight is 286 g/mol. The normalized spacial score (nSPS) is 18.0. The number of rotatable bonds is 2. The van der Waals surface area contributed by atoms with Gasteiger partial charge in [-0.2, -0.15) is 0 Å². The Hall–Kier alpha value is -1.83. The predicted molar refractivity (Wildman–Crippen MR) is 82.8 cm³/mol. The van der Waals surface area contributed by atoms with Crippen molar-refractivity contribution in [1.29, 1.82) is 0 Å². The van der Waals surface area contributed by atoms with E-state index in [-0.39, 0.29) is 18.4 Å². The Morgan fingerprint density at radius 1 is 1.48 bits per heavy atom. The fourth-order valence-corrected chi connectivity index (χ4v) is 2.71. The van der Waals surface area contributed by atoms with Gasteiger partial charge in [0.25, 0.3) is 5.91 Å². The Balaban J connectivity index is 2.20. The van der Waals surface area contributed by atoms with E-state index in [1.165, 1.54) is 0 Å². The van der Waals surface area contributed by atoms with Gasteiger partial charge in [-0.15, -0.1) is 0 Å². The number of piperidine rings is 1. The highest BCUT2D eigenvalue weighted by Gasteiger charge is 2.24. The van der Waals surface area contributed by atoms with Crippen molar-refractivity contribution in [2.45, 2.75) is 19.8 Å². The topological polar surface area (TPSA) is 66.6 Å². The summed E-state index contributed by atoms with van der Waals surface area (Å²) in [7, 11) is 0. The number of carbonyl (C=O) groups is 1. The van der Waals surface area contributed by atoms with Crippen LogP contribution < -0.4 is 5.73 Å². The Morgan fingerprint density at radius 2 is 2.29 bits per heavy atom. The van der Waals surface area contributed by atoms with Gasteiger partial charge in [0.1, 0.15) is 0 Å². The highest BCUT2D eigenvalue weighted by Crippen LogP contribution is 2.19. The monoisotopic (exact) mass is 286 g/mol. The number of nitrogens with two attached hydrogens (primary N) is 1. The fourth-order valence-electron chi connectivity index (χ4n) is 2.71. The van der Waals surface area contributed by atoms with Crippen molar-refractivity contribution in [2.24, 2.45) is 11.7 Å². The molecule has 1 aliphatic heterocycles. The molecule has 4 nitrogen and oxygen atoms in total. The van der Waals surface area contributed by atoms with Gasteiger partial charge < -0.3 is 15.7 Å². The van der Waals surface area contributed by atoms with Crippen LogP contribution in [-0.2, 0) is 0 Å². The molecule has 1 aromatic carbocycles. The molecule has 2 rings (SSSR count). The van der Waals surface area contributed by atoms with Gasteiger partial charge in [-0.25, -0.2) is 0 Å². The second-order valence-corrected chi connectivity index (χ2v) is 5.54. The molecular weight excluding hydrogens is 264 g/mol. The molecule has 0 bridgehead atoms. The maximum Gasteiger partial charge on any atom is 0.253 e. The van der Waals surface area contributed by atoms with Gasteiger partial charge in [0.05, 0.1) is 6.54 Å². The van der Waals surface area contributed by atoms with Gasteiger partial charge in [0.2, 0.25) is 0 Å². The van der Waals surface area contributed by atoms with E-state index in [1.54, 1.807) is 0 Å². The lowest BCUT2D eigenvalue weighted by Crippen LogP contribution is -2.41. The third-order valence-electron chi connectivity index (χ3n) is 3.72. The molecule has 1 atom stereocenters. The maximum atomic E-state index is 12.6. The zero-order valence-corrected chi connectivity index (χ0v) is 12.4. The largest absolute Gasteiger partial charge is 0.396 e. The third kappa shape index (κ3) is 4.07. The summed E-state index contributed by atoms with van der Waals surface area (Å²) in [5.74, 6) is 6.01. The molecule has 0 aliphatic carbocycles. The molecule has 1 aliphatic rings. The Labute approximate surface area is 125 Å². The van der Waals surface area contributed by atoms with Crippen LogP contribution in [-0.4, -0.2) is 42.2 Å². The molecule has 1 amide bonds. The van der Waals surface area contributed by atoms with Crippen LogP contribution in [0.25, 0.3) is 0 Å². The first-order valence-electron chi connectivity index (χ1n) is 7.35. The van der Waals surface area contributed by atoms with Crippen LogP contribution in [0.4, 0.5) is 0 Å². The summed E-state index contributed by atoms with van der Waals surface area (Å²) in [6, 6.07) is 5.66. The number of nitrogens with zero attached hydrogens (tertiary/aromatic N) is 1. The number of carbonyl (C=O) groups excluding carboxylic acids is 1. The number of likely N-dealkylation sites (tertiary alicyclic amines) is 1. The van der Waals surface area contributed by atoms with Gasteiger partial charge in [-0.05, 0) is 49.4 Å². The first kappa shape index (κ1) is 15.6. The summed E-state index contributed by atoms with van der Waals surface area (Å²) in [6.07, 6.45) is 1.93. The highest BCUT2D eigenvalue weighted by molar-refractivity contribution is 5.95. The van der Waals surface area contributed by atoms with Crippen LogP contribution in [0.15, 0.2) is 18.2 Å². The Bertz CT molecular complexity index is 572. The van der Waals surface area contributed by atoms with E-state index in [9.17, 15) is 9.90 Å². The first-order chi connectivity index (χ1) is 10.1. The van der Waals surface area contributed by atoms with Gasteiger partial charge >= 0.3 is 0 Å². The van der Waals surface area contributed by atoms with Crippen molar-refractivity contribution in [3.05, 3.63) is 34.9 Å². The third-order valence-corrected chi connectivity index (χ3v) is 3.72. The van der Waals surface area contributed by atoms with Crippen LogP contribution in [0.2, 0.25) is 0 Å². The van der Waals surface area contributed by atoms with Gasteiger partial charge in [-0.1, -0.05) is 11.8 Å². The predicted octanol–water partition coefficient (Wildman–Crippen LogP) is 1.15. The smallest absolute Gasteiger partial charge is 0.253 e. The summed E-state index contributed by atoms with van der Waals surface area (Å²) >= 11 is 0. The minimum Gasteiger partial charge on any atom is -0.396 e. The first-order valence-corrected chi connectivity index (χ1v) is 7.35. The van der Waals surface area contributed by atoms with Crippen LogP contribution in [0.5, 0.6) is 0 Å². The van der Waals surface area contributed by atoms with Crippen LogP contribution >= 0.6 is 0 Å². The van der Waals surface area contributed by atoms with Crippen LogP contribution in [0.1, 0.15) is 34.3 Å². The Morgan fingerprint density at radius 3 is 3.00 bits per heavy atom. The lowest BCUT2D eigenvalue weighted by atomic mass is 9.97. The van der Waals surface area contributed by atoms with Crippen molar-refractivity contribution >= 4 is 5.91 Å². The number of hydrogen-bond acceptors (Lipinski definition) is 3. The SMILES string of the molecule is Cc1cc(C#CCN)cc(C(=O)N2CCCC(CO)C2)c1. The van der Waals surface area contributed by atoms with Crippen LogP contribution in [0.3, 0.4) is 0 Å². The number of aliphatic hydroxyl groups is 1. The van der Waals surface area contributed by atoms with E-state index in [4.69, 9.17) is 5.73 Å². The maximum absolute atomic E-state index is 12.6. The molecule has 3 N–H and O–H groups in total. The molecule has 21 heavy (non-hydrogen) atoms. The molecule has 1 aromatic rings. The van der Waals surface area contributed by atoms with E-state index in [0.29, 0.717) is 18.7 Å². The van der Waals surface area contributed by atoms with E-state index < -0.39 is 0 Å². The van der Waals surface area contributed by atoms with Crippen molar-refractivity contribution in [3.8, 4) is 11.8 Å². The van der Waals surface area contributed by atoms with E-state index >= 15 is 0 Å². The zero-order valence-electron chi connectivity index (χ0n) is 12.4. The van der Waals surface area contributed by atoms with E-state index in [2.05, 4.69) is 11.8 Å². The second-order valence-electron chi connectivity index (χ2n) is 5.54. The van der Waals surface area contributed by atoms with E-state index in [0.717, 1.165) is 30.5 Å². The van der Waals surface area contributed by atoms with Gasteiger partial charge in [0, 0.05) is 30.8 Å². The molecule has 1 saturated heterocycles. The average Bonchev–Trinajstić information content (AvgIpc) is 2.51. The Kier molecular flexibility index (Phi) is 5.38. The molecule has 1 fully saturated rings. The van der Waals surface area contributed by atoms with Crippen molar-refractivity contribution in [2.75, 3.05) is 26.2 Å². The summed E-state index contributed by atoms with van der Waals surface area (Å²) < 4.78 is 0. The standard InChI is InChI=1S/C17H22N2O2/c1-13-8-14(4-2-6-18)10-16(9-13)17(21)19-7-3-5-15(11-19)12-20/h8-10,15,20H,3,5-7,11-12,18H2,1H3. The number of amides is 1. The van der Waals surface area contributed by atoms with Crippen molar-refractivity contribution in [3.63, 3.8) is 0 Å². The minimum absolute atomic E-state index is 0.0210. The molecule has 0 saturated carbocycles. The zero-order chi connectivity index (χ0) is 15.2. The molecule has 1 unspecified atom stereocenters. The minimum atomic E-state index is 0.0210. The van der Waals surface area contributed by atoms with Crippen LogP contribution in [0, 0.1) is 24.7 Å². The van der Waals surface area contributed by atoms with Gasteiger partial charge in [-0.3, -0.25) is 4.79 Å². The second kappa shape index (κ2) is 7.26. The molecule has 0 radical (unpaired) electrons. The quantitative estimate of drug-likeness (QED) is 0.802. The molecule has 112 valence electrons. The molecule has 1 heterocycles. The number of hydrogen-bond donors (Lipinski definition) is 2. The summed E-state index contributed by atoms with van der Waals surface area (Å²) in [5, 5.41) is 9.28. The number of benzene rings is 1. The molecule has 0 aromatic heterocycles. The van der Waals surface area contributed by atoms with Crippen molar-refractivity contribution in [1.82, 2.24) is 4.90 Å². The summed E-state index contributed by atoms with van der Waals surface area (Å²) in [5.41, 5.74) is 7.88. The number of aliphatic hydroxyl groups excluding tert-OH is 1. The van der Waals surface area contributed by atoms with E-state index in [1.807, 2.05) is 30.0 Å². The lowest BCUT2D eigenvalue weighted by Gasteiger charge is -2.32. The molecule has 0 spiro atoms. The van der Waals surface area contributed by atoms with Gasteiger partial charge in [0.15, 0.2) is 0 Å². The fraction of sp³-hybridized carbons (Fsp3) is 0.471. The summed E-state index contributed by atoms with van der Waals surface area (Å²) in [4.78, 5) is 14.4. The highest BCUT2D eigenvalue weighted by atomic mass is 16.3. The molecular formula is C17H22N2O2.